The van der Waals surface area contributed by atoms with Crippen LogP contribution in [0.1, 0.15) is 25.3 Å². The number of amides is 1. The van der Waals surface area contributed by atoms with Gasteiger partial charge in [0.15, 0.2) is 0 Å². The van der Waals surface area contributed by atoms with E-state index in [1.54, 1.807) is 18.7 Å². The van der Waals surface area contributed by atoms with E-state index in [4.69, 9.17) is 9.84 Å². The van der Waals surface area contributed by atoms with Gasteiger partial charge >= 0.3 is 12.1 Å². The molecule has 0 spiro atoms. The molecule has 2 unspecified atom stereocenters. The number of thioether (sulfide) groups is 1. The van der Waals surface area contributed by atoms with Gasteiger partial charge in [-0.25, -0.2) is 4.79 Å². The van der Waals surface area contributed by atoms with E-state index in [0.717, 1.165) is 23.5 Å². The van der Waals surface area contributed by atoms with Crippen LogP contribution in [0.2, 0.25) is 0 Å². The minimum absolute atomic E-state index is 0.0985. The summed E-state index contributed by atoms with van der Waals surface area (Å²) >= 11 is 1.79. The van der Waals surface area contributed by atoms with E-state index < -0.39 is 17.6 Å². The maximum absolute atomic E-state index is 12.0. The summed E-state index contributed by atoms with van der Waals surface area (Å²) in [7, 11) is 0. The number of hydrogen-bond donors (Lipinski definition) is 2. The maximum atomic E-state index is 12.0. The van der Waals surface area contributed by atoms with Gasteiger partial charge in [-0.15, -0.1) is 0 Å². The summed E-state index contributed by atoms with van der Waals surface area (Å²) in [5.41, 5.74) is 0.123. The first kappa shape index (κ1) is 16.7. The van der Waals surface area contributed by atoms with Crippen molar-refractivity contribution in [2.45, 2.75) is 31.9 Å². The monoisotopic (exact) mass is 323 g/mol. The number of rotatable bonds is 6. The van der Waals surface area contributed by atoms with Crippen LogP contribution in [0.15, 0.2) is 30.3 Å². The standard InChI is InChI=1S/C16H21NO4S/c1-16(9-14(18)19,13-7-8-22-11-13)17-15(20)21-10-12-5-3-2-4-6-12/h2-6,13H,7-11H2,1H3,(H,17,20)(H,18,19). The Kier molecular flexibility index (Phi) is 5.71. The Morgan fingerprint density at radius 3 is 2.73 bits per heavy atom. The third-order valence-electron chi connectivity index (χ3n) is 3.95. The number of alkyl carbamates (subject to hydrolysis) is 1. The highest BCUT2D eigenvalue weighted by Gasteiger charge is 2.40. The summed E-state index contributed by atoms with van der Waals surface area (Å²) in [4.78, 5) is 23.2. The molecule has 6 heteroatoms. The Morgan fingerprint density at radius 2 is 2.14 bits per heavy atom. The molecule has 2 rings (SSSR count). The summed E-state index contributed by atoms with van der Waals surface area (Å²) < 4.78 is 5.22. The fourth-order valence-corrected chi connectivity index (χ4v) is 4.07. The molecular formula is C16H21NO4S. The van der Waals surface area contributed by atoms with Gasteiger partial charge in [-0.2, -0.15) is 11.8 Å². The smallest absolute Gasteiger partial charge is 0.407 e. The van der Waals surface area contributed by atoms with Gasteiger partial charge in [0.1, 0.15) is 6.61 Å². The lowest BCUT2D eigenvalue weighted by Gasteiger charge is -2.34. The number of carbonyl (C=O) groups excluding carboxylic acids is 1. The first-order valence-corrected chi connectivity index (χ1v) is 8.43. The minimum atomic E-state index is -0.914. The topological polar surface area (TPSA) is 75.6 Å². The quantitative estimate of drug-likeness (QED) is 0.842. The molecule has 1 heterocycles. The molecule has 2 N–H and O–H groups in total. The van der Waals surface area contributed by atoms with Gasteiger partial charge in [0.2, 0.25) is 0 Å². The average Bonchev–Trinajstić information content (AvgIpc) is 3.00. The number of carboxylic acids is 1. The lowest BCUT2D eigenvalue weighted by atomic mass is 9.82. The third kappa shape index (κ3) is 4.66. The van der Waals surface area contributed by atoms with Crippen molar-refractivity contribution in [3.05, 3.63) is 35.9 Å². The summed E-state index contributed by atoms with van der Waals surface area (Å²) in [5.74, 6) is 1.10. The van der Waals surface area contributed by atoms with Crippen molar-refractivity contribution in [2.75, 3.05) is 11.5 Å². The van der Waals surface area contributed by atoms with E-state index in [-0.39, 0.29) is 18.9 Å². The van der Waals surface area contributed by atoms with Crippen molar-refractivity contribution in [3.63, 3.8) is 0 Å². The predicted molar refractivity (Wildman–Crippen MR) is 85.9 cm³/mol. The normalized spacial score (nSPS) is 20.1. The summed E-state index contributed by atoms with van der Waals surface area (Å²) in [6.45, 7) is 1.97. The highest BCUT2D eigenvalue weighted by molar-refractivity contribution is 7.99. The maximum Gasteiger partial charge on any atom is 0.407 e. The second-order valence-electron chi connectivity index (χ2n) is 5.74. The molecule has 120 valence electrons. The number of ether oxygens (including phenoxy) is 1. The fourth-order valence-electron chi connectivity index (χ4n) is 2.63. The number of benzene rings is 1. The molecule has 5 nitrogen and oxygen atoms in total. The Hall–Kier alpha value is -1.69. The first-order valence-electron chi connectivity index (χ1n) is 7.28. The molecule has 1 aromatic carbocycles. The van der Waals surface area contributed by atoms with E-state index in [1.807, 2.05) is 30.3 Å². The molecule has 1 amide bonds. The van der Waals surface area contributed by atoms with Crippen molar-refractivity contribution >= 4 is 23.8 Å². The molecule has 0 saturated carbocycles. The molecule has 0 radical (unpaired) electrons. The number of carbonyl (C=O) groups is 2. The predicted octanol–water partition coefficient (Wildman–Crippen LogP) is 2.90. The van der Waals surface area contributed by atoms with Crippen LogP contribution in [0, 0.1) is 5.92 Å². The van der Waals surface area contributed by atoms with Crippen LogP contribution in [0.5, 0.6) is 0 Å². The van der Waals surface area contributed by atoms with Crippen molar-refractivity contribution < 1.29 is 19.4 Å². The molecule has 0 aromatic heterocycles. The van der Waals surface area contributed by atoms with Gasteiger partial charge in [0.05, 0.1) is 12.0 Å². The van der Waals surface area contributed by atoms with Crippen LogP contribution in [-0.4, -0.2) is 34.2 Å². The Bertz CT molecular complexity index is 516. The summed E-state index contributed by atoms with van der Waals surface area (Å²) in [6, 6.07) is 9.39. The van der Waals surface area contributed by atoms with Gasteiger partial charge in [0, 0.05) is 0 Å². The molecule has 0 bridgehead atoms. The van der Waals surface area contributed by atoms with Crippen molar-refractivity contribution in [2.24, 2.45) is 5.92 Å². The number of nitrogens with one attached hydrogen (secondary N) is 1. The third-order valence-corrected chi connectivity index (χ3v) is 5.11. The SMILES string of the molecule is CC(CC(=O)O)(NC(=O)OCc1ccccc1)C1CCSC1. The highest BCUT2D eigenvalue weighted by Crippen LogP contribution is 2.34. The first-order chi connectivity index (χ1) is 10.5. The molecular weight excluding hydrogens is 302 g/mol. The Labute approximate surface area is 134 Å². The van der Waals surface area contributed by atoms with Crippen molar-refractivity contribution in [3.8, 4) is 0 Å². The van der Waals surface area contributed by atoms with Crippen LogP contribution in [0.25, 0.3) is 0 Å². The number of carboxylic acid groups (broad SMARTS) is 1. The second kappa shape index (κ2) is 7.54. The minimum Gasteiger partial charge on any atom is -0.481 e. The van der Waals surface area contributed by atoms with Crippen LogP contribution >= 0.6 is 11.8 Å². The molecule has 1 aromatic rings. The average molecular weight is 323 g/mol. The van der Waals surface area contributed by atoms with Crippen LogP contribution in [-0.2, 0) is 16.1 Å². The van der Waals surface area contributed by atoms with E-state index in [1.165, 1.54) is 0 Å². The van der Waals surface area contributed by atoms with Gasteiger partial charge in [-0.1, -0.05) is 30.3 Å². The summed E-state index contributed by atoms with van der Waals surface area (Å²) in [5, 5.41) is 11.9. The molecule has 0 aliphatic carbocycles. The van der Waals surface area contributed by atoms with Gasteiger partial charge in [-0.05, 0) is 36.3 Å². The van der Waals surface area contributed by atoms with Gasteiger partial charge < -0.3 is 15.2 Å². The summed E-state index contributed by atoms with van der Waals surface area (Å²) in [6.07, 6.45) is 0.246. The van der Waals surface area contributed by atoms with Crippen LogP contribution in [0.4, 0.5) is 4.79 Å². The molecule has 1 fully saturated rings. The van der Waals surface area contributed by atoms with Crippen molar-refractivity contribution in [1.29, 1.82) is 0 Å². The number of hydrogen-bond acceptors (Lipinski definition) is 4. The zero-order valence-corrected chi connectivity index (χ0v) is 13.4. The van der Waals surface area contributed by atoms with Crippen LogP contribution in [0.3, 0.4) is 0 Å². The van der Waals surface area contributed by atoms with Crippen molar-refractivity contribution in [1.82, 2.24) is 5.32 Å². The molecule has 2 atom stereocenters. The van der Waals surface area contributed by atoms with E-state index >= 15 is 0 Å². The fraction of sp³-hybridized carbons (Fsp3) is 0.500. The van der Waals surface area contributed by atoms with E-state index in [2.05, 4.69) is 5.32 Å². The van der Waals surface area contributed by atoms with Crippen LogP contribution < -0.4 is 5.32 Å². The molecule has 1 aliphatic heterocycles. The Morgan fingerprint density at radius 1 is 1.41 bits per heavy atom. The number of aliphatic carboxylic acids is 1. The van der Waals surface area contributed by atoms with Gasteiger partial charge in [-0.3, -0.25) is 4.79 Å². The van der Waals surface area contributed by atoms with Gasteiger partial charge in [0.25, 0.3) is 0 Å². The zero-order valence-electron chi connectivity index (χ0n) is 12.6. The zero-order chi connectivity index (χ0) is 16.0. The molecule has 22 heavy (non-hydrogen) atoms. The van der Waals surface area contributed by atoms with E-state index in [0.29, 0.717) is 0 Å². The lowest BCUT2D eigenvalue weighted by Crippen LogP contribution is -2.53. The Balaban J connectivity index is 1.94. The molecule has 1 saturated heterocycles. The largest absolute Gasteiger partial charge is 0.481 e. The second-order valence-corrected chi connectivity index (χ2v) is 6.89. The van der Waals surface area contributed by atoms with E-state index in [9.17, 15) is 9.59 Å². The molecule has 1 aliphatic rings. The lowest BCUT2D eigenvalue weighted by molar-refractivity contribution is -0.139. The highest BCUT2D eigenvalue weighted by atomic mass is 32.2.